The number of allylic oxidation sites excluding steroid dienone is 1. The van der Waals surface area contributed by atoms with Crippen LogP contribution in [0, 0.1) is 17.8 Å². The number of ether oxygens (including phenoxy) is 2. The van der Waals surface area contributed by atoms with Gasteiger partial charge in [0.2, 0.25) is 0 Å². The second kappa shape index (κ2) is 6.44. The predicted molar refractivity (Wildman–Crippen MR) is 109 cm³/mol. The van der Waals surface area contributed by atoms with E-state index in [-0.39, 0.29) is 5.41 Å². The molecular weight excluding hydrogens is 332 g/mol. The van der Waals surface area contributed by atoms with Gasteiger partial charge in [-0.2, -0.15) is 0 Å². The van der Waals surface area contributed by atoms with Crippen LogP contribution in [0.25, 0.3) is 6.08 Å². The summed E-state index contributed by atoms with van der Waals surface area (Å²) < 4.78 is 10.7. The summed E-state index contributed by atoms with van der Waals surface area (Å²) in [6, 6.07) is 17.4. The van der Waals surface area contributed by atoms with Crippen molar-refractivity contribution < 1.29 is 9.47 Å². The molecule has 4 aliphatic carbocycles. The molecule has 0 aromatic heterocycles. The molecule has 0 spiro atoms. The molecule has 4 aliphatic rings. The number of benzene rings is 2. The molecule has 0 N–H and O–H groups in total. The summed E-state index contributed by atoms with van der Waals surface area (Å²) in [5.41, 5.74) is 4.68. The molecular formula is C25H28O2. The molecule has 140 valence electrons. The molecule has 0 amide bonds. The van der Waals surface area contributed by atoms with Crippen LogP contribution in [0.1, 0.15) is 43.2 Å². The highest BCUT2D eigenvalue weighted by atomic mass is 16.5. The van der Waals surface area contributed by atoms with Gasteiger partial charge in [0, 0.05) is 5.41 Å². The number of hydrogen-bond donors (Lipinski definition) is 0. The third kappa shape index (κ3) is 2.77. The molecule has 4 bridgehead atoms. The van der Waals surface area contributed by atoms with Gasteiger partial charge in [0.15, 0.2) is 0 Å². The van der Waals surface area contributed by atoms with Crippen LogP contribution in [0.5, 0.6) is 11.5 Å². The maximum absolute atomic E-state index is 5.41. The fraction of sp³-hybridized carbons (Fsp3) is 0.440. The molecule has 0 saturated heterocycles. The summed E-state index contributed by atoms with van der Waals surface area (Å²) in [6.07, 6.45) is 9.34. The van der Waals surface area contributed by atoms with Crippen molar-refractivity contribution in [1.29, 1.82) is 0 Å². The first kappa shape index (κ1) is 16.9. The van der Waals surface area contributed by atoms with Crippen LogP contribution in [0.2, 0.25) is 0 Å². The first-order chi connectivity index (χ1) is 13.2. The van der Waals surface area contributed by atoms with Crippen LogP contribution >= 0.6 is 0 Å². The molecule has 4 atom stereocenters. The van der Waals surface area contributed by atoms with Crippen LogP contribution in [-0.2, 0) is 5.41 Å². The third-order valence-corrected chi connectivity index (χ3v) is 7.25. The quantitative estimate of drug-likeness (QED) is 0.679. The van der Waals surface area contributed by atoms with E-state index in [0.717, 1.165) is 29.3 Å². The van der Waals surface area contributed by atoms with Crippen molar-refractivity contribution in [3.05, 3.63) is 65.2 Å². The van der Waals surface area contributed by atoms with Crippen molar-refractivity contribution in [2.75, 3.05) is 14.2 Å². The highest BCUT2D eigenvalue weighted by Gasteiger charge is 2.54. The summed E-state index contributed by atoms with van der Waals surface area (Å²) >= 11 is 0. The Labute approximate surface area is 162 Å². The second-order valence-corrected chi connectivity index (χ2v) is 8.73. The Hall–Kier alpha value is -2.22. The van der Waals surface area contributed by atoms with Crippen molar-refractivity contribution >= 4 is 6.08 Å². The van der Waals surface area contributed by atoms with E-state index in [2.05, 4.69) is 54.6 Å². The minimum atomic E-state index is 0.223. The molecule has 2 aromatic carbocycles. The zero-order valence-electron chi connectivity index (χ0n) is 16.3. The number of methoxy groups -OCH3 is 2. The summed E-state index contributed by atoms with van der Waals surface area (Å²) in [7, 11) is 3.47. The van der Waals surface area contributed by atoms with Gasteiger partial charge in [-0.05, 0) is 85.3 Å². The average molecular weight is 360 g/mol. The molecule has 0 heterocycles. The van der Waals surface area contributed by atoms with E-state index in [4.69, 9.17) is 9.47 Å². The van der Waals surface area contributed by atoms with Crippen LogP contribution < -0.4 is 9.47 Å². The van der Waals surface area contributed by atoms with Crippen molar-refractivity contribution in [2.45, 2.75) is 37.5 Å². The summed E-state index contributed by atoms with van der Waals surface area (Å²) in [4.78, 5) is 0. The van der Waals surface area contributed by atoms with E-state index in [1.54, 1.807) is 19.8 Å². The maximum Gasteiger partial charge on any atom is 0.118 e. The van der Waals surface area contributed by atoms with Gasteiger partial charge in [0.1, 0.15) is 11.5 Å². The Morgan fingerprint density at radius 3 is 1.89 bits per heavy atom. The minimum absolute atomic E-state index is 0.223. The molecule has 2 heteroatoms. The number of hydrogen-bond acceptors (Lipinski definition) is 2. The first-order valence-corrected chi connectivity index (χ1v) is 10.2. The maximum atomic E-state index is 5.41. The van der Waals surface area contributed by atoms with Gasteiger partial charge in [0.05, 0.1) is 14.2 Å². The Bertz CT molecular complexity index is 833. The molecule has 27 heavy (non-hydrogen) atoms. The molecule has 2 unspecified atom stereocenters. The molecule has 0 aliphatic heterocycles. The van der Waals surface area contributed by atoms with Crippen LogP contribution in [-0.4, -0.2) is 14.2 Å². The molecule has 6 rings (SSSR count). The third-order valence-electron chi connectivity index (χ3n) is 7.25. The summed E-state index contributed by atoms with van der Waals surface area (Å²) in [5, 5.41) is 0. The lowest BCUT2D eigenvalue weighted by Gasteiger charge is -2.59. The second-order valence-electron chi connectivity index (χ2n) is 8.73. The van der Waals surface area contributed by atoms with Gasteiger partial charge in [0.25, 0.3) is 0 Å². The average Bonchev–Trinajstić information content (AvgIpc) is 2.71. The Morgan fingerprint density at radius 2 is 1.33 bits per heavy atom. The highest BCUT2D eigenvalue weighted by molar-refractivity contribution is 5.61. The van der Waals surface area contributed by atoms with Gasteiger partial charge >= 0.3 is 0 Å². The van der Waals surface area contributed by atoms with Gasteiger partial charge in [-0.25, -0.2) is 0 Å². The van der Waals surface area contributed by atoms with Gasteiger partial charge in [-0.3, -0.25) is 0 Å². The van der Waals surface area contributed by atoms with E-state index in [9.17, 15) is 0 Å². The van der Waals surface area contributed by atoms with Gasteiger partial charge < -0.3 is 9.47 Å². The monoisotopic (exact) mass is 360 g/mol. The fourth-order valence-electron chi connectivity index (χ4n) is 6.30. The fourth-order valence-corrected chi connectivity index (χ4v) is 6.30. The number of rotatable bonds is 4. The van der Waals surface area contributed by atoms with Gasteiger partial charge in [-0.1, -0.05) is 35.9 Å². The van der Waals surface area contributed by atoms with Crippen LogP contribution in [0.3, 0.4) is 0 Å². The molecule has 4 saturated carbocycles. The van der Waals surface area contributed by atoms with Crippen LogP contribution in [0.15, 0.2) is 54.1 Å². The summed E-state index contributed by atoms with van der Waals surface area (Å²) in [5.74, 6) is 4.42. The predicted octanol–water partition coefficient (Wildman–Crippen LogP) is 5.87. The molecule has 2 nitrogen and oxygen atoms in total. The van der Waals surface area contributed by atoms with E-state index >= 15 is 0 Å². The molecule has 2 aromatic rings. The Kier molecular flexibility index (Phi) is 4.03. The zero-order valence-corrected chi connectivity index (χ0v) is 16.3. The summed E-state index contributed by atoms with van der Waals surface area (Å²) in [6.45, 7) is 0. The standard InChI is InChI=1S/C25H28O2/c1-26-22-7-3-17(4-8-22)14-24-20-12-18-11-19(13-20)16-25(24,15-18)21-5-9-23(27-2)10-6-21/h3-10,14,18-20H,11-13,15-16H2,1-2H3/b24-14+/t18-,19+,20?,25?. The lowest BCUT2D eigenvalue weighted by molar-refractivity contribution is 0.0480. The van der Waals surface area contributed by atoms with Crippen molar-refractivity contribution in [3.8, 4) is 11.5 Å². The van der Waals surface area contributed by atoms with Crippen molar-refractivity contribution in [1.82, 2.24) is 0 Å². The Balaban J connectivity index is 1.59. The lowest BCUT2D eigenvalue weighted by atomic mass is 9.45. The molecule has 0 radical (unpaired) electrons. The largest absolute Gasteiger partial charge is 0.497 e. The van der Waals surface area contributed by atoms with E-state index in [0.29, 0.717) is 0 Å². The van der Waals surface area contributed by atoms with Crippen molar-refractivity contribution in [2.24, 2.45) is 17.8 Å². The normalized spacial score (nSPS) is 32.7. The van der Waals surface area contributed by atoms with E-state index in [1.807, 2.05) is 0 Å². The Morgan fingerprint density at radius 1 is 0.778 bits per heavy atom. The van der Waals surface area contributed by atoms with Gasteiger partial charge in [-0.15, -0.1) is 0 Å². The van der Waals surface area contributed by atoms with E-state index < -0.39 is 0 Å². The molecule has 4 fully saturated rings. The first-order valence-electron chi connectivity index (χ1n) is 10.2. The topological polar surface area (TPSA) is 18.5 Å². The zero-order chi connectivity index (χ0) is 18.4. The smallest absolute Gasteiger partial charge is 0.118 e. The minimum Gasteiger partial charge on any atom is -0.497 e. The SMILES string of the molecule is COc1ccc(/C=C2\C3C[C@@H]4C[C@H](C3)CC2(c2ccc(OC)cc2)C4)cc1. The van der Waals surface area contributed by atoms with Crippen molar-refractivity contribution in [3.63, 3.8) is 0 Å². The lowest BCUT2D eigenvalue weighted by Crippen LogP contribution is -2.50. The highest BCUT2D eigenvalue weighted by Crippen LogP contribution is 2.63. The van der Waals surface area contributed by atoms with Crippen LogP contribution in [0.4, 0.5) is 0 Å². The van der Waals surface area contributed by atoms with E-state index in [1.165, 1.54) is 43.2 Å².